The zero-order chi connectivity index (χ0) is 17.1. The highest BCUT2D eigenvalue weighted by atomic mass is 35.5. The first kappa shape index (κ1) is 22.8. The number of hydrogen-bond acceptors (Lipinski definition) is 4. The van der Waals surface area contributed by atoms with Crippen molar-refractivity contribution in [2.24, 2.45) is 0 Å². The van der Waals surface area contributed by atoms with E-state index in [9.17, 15) is 9.59 Å². The summed E-state index contributed by atoms with van der Waals surface area (Å²) < 4.78 is 0. The molecule has 0 aromatic heterocycles. The number of carbonyl (C=O) groups excluding carboxylic acids is 2. The Morgan fingerprint density at radius 1 is 1.25 bits per heavy atom. The van der Waals surface area contributed by atoms with E-state index < -0.39 is 6.04 Å². The Morgan fingerprint density at radius 2 is 2.00 bits per heavy atom. The predicted molar refractivity (Wildman–Crippen MR) is 104 cm³/mol. The Balaban J connectivity index is 0.00000529. The first-order valence-electron chi connectivity index (χ1n) is 7.93. The van der Waals surface area contributed by atoms with Crippen LogP contribution in [-0.4, -0.2) is 49.5 Å². The SMILES string of the molecule is CCNCCNC(=O)C(CCSC)NC(=O)c1cccc(C)c1.Cl. The maximum absolute atomic E-state index is 12.3. The van der Waals surface area contributed by atoms with Gasteiger partial charge < -0.3 is 16.0 Å². The van der Waals surface area contributed by atoms with E-state index in [-0.39, 0.29) is 24.2 Å². The molecule has 0 fully saturated rings. The molecule has 0 aliphatic carbocycles. The second-order valence-corrected chi connectivity index (χ2v) is 6.31. The molecule has 24 heavy (non-hydrogen) atoms. The second-order valence-electron chi connectivity index (χ2n) is 5.32. The molecule has 0 heterocycles. The second kappa shape index (κ2) is 13.1. The van der Waals surface area contributed by atoms with Gasteiger partial charge in [-0.15, -0.1) is 12.4 Å². The number of amides is 2. The van der Waals surface area contributed by atoms with Gasteiger partial charge in [-0.3, -0.25) is 9.59 Å². The molecule has 0 saturated heterocycles. The van der Waals surface area contributed by atoms with Gasteiger partial charge in [-0.25, -0.2) is 0 Å². The topological polar surface area (TPSA) is 70.2 Å². The molecule has 1 aromatic rings. The van der Waals surface area contributed by atoms with Crippen molar-refractivity contribution in [3.8, 4) is 0 Å². The van der Waals surface area contributed by atoms with Crippen LogP contribution in [0.5, 0.6) is 0 Å². The molecule has 5 nitrogen and oxygen atoms in total. The minimum Gasteiger partial charge on any atom is -0.353 e. The van der Waals surface area contributed by atoms with Gasteiger partial charge in [0.15, 0.2) is 0 Å². The Hall–Kier alpha value is -1.24. The van der Waals surface area contributed by atoms with Crippen molar-refractivity contribution in [1.29, 1.82) is 0 Å². The van der Waals surface area contributed by atoms with Crippen LogP contribution in [0.25, 0.3) is 0 Å². The average Bonchev–Trinajstić information content (AvgIpc) is 2.55. The van der Waals surface area contributed by atoms with Crippen molar-refractivity contribution in [3.63, 3.8) is 0 Å². The third-order valence-electron chi connectivity index (χ3n) is 3.36. The van der Waals surface area contributed by atoms with Crippen molar-refractivity contribution in [2.45, 2.75) is 26.3 Å². The summed E-state index contributed by atoms with van der Waals surface area (Å²) >= 11 is 1.66. The molecule has 1 unspecified atom stereocenters. The molecule has 0 radical (unpaired) electrons. The zero-order valence-electron chi connectivity index (χ0n) is 14.6. The van der Waals surface area contributed by atoms with Crippen LogP contribution in [0.4, 0.5) is 0 Å². The van der Waals surface area contributed by atoms with Crippen LogP contribution in [0.3, 0.4) is 0 Å². The maximum Gasteiger partial charge on any atom is 0.251 e. The summed E-state index contributed by atoms with van der Waals surface area (Å²) in [6, 6.07) is 6.87. The smallest absolute Gasteiger partial charge is 0.251 e. The fourth-order valence-corrected chi connectivity index (χ4v) is 2.58. The highest BCUT2D eigenvalue weighted by Crippen LogP contribution is 2.06. The number of nitrogens with one attached hydrogen (secondary N) is 3. The molecule has 0 bridgehead atoms. The zero-order valence-corrected chi connectivity index (χ0v) is 16.2. The Morgan fingerprint density at radius 3 is 2.62 bits per heavy atom. The van der Waals surface area contributed by atoms with E-state index >= 15 is 0 Å². The summed E-state index contributed by atoms with van der Waals surface area (Å²) in [5.74, 6) is 0.485. The van der Waals surface area contributed by atoms with Gasteiger partial charge in [-0.1, -0.05) is 24.6 Å². The van der Waals surface area contributed by atoms with Gasteiger partial charge in [-0.2, -0.15) is 11.8 Å². The number of hydrogen-bond donors (Lipinski definition) is 3. The van der Waals surface area contributed by atoms with Gasteiger partial charge in [-0.05, 0) is 44.0 Å². The van der Waals surface area contributed by atoms with Gasteiger partial charge in [0.2, 0.25) is 5.91 Å². The van der Waals surface area contributed by atoms with Crippen LogP contribution in [0, 0.1) is 6.92 Å². The largest absolute Gasteiger partial charge is 0.353 e. The predicted octanol–water partition coefficient (Wildman–Crippen LogP) is 1.99. The van der Waals surface area contributed by atoms with Crippen molar-refractivity contribution in [2.75, 3.05) is 31.6 Å². The third kappa shape index (κ3) is 8.57. The lowest BCUT2D eigenvalue weighted by Crippen LogP contribution is -2.48. The molecular weight excluding hydrogens is 346 g/mol. The van der Waals surface area contributed by atoms with E-state index in [2.05, 4.69) is 16.0 Å². The van der Waals surface area contributed by atoms with Crippen LogP contribution in [0.2, 0.25) is 0 Å². The van der Waals surface area contributed by atoms with Crippen LogP contribution in [-0.2, 0) is 4.79 Å². The maximum atomic E-state index is 12.3. The number of carbonyl (C=O) groups is 2. The molecule has 1 atom stereocenters. The number of rotatable bonds is 10. The summed E-state index contributed by atoms with van der Waals surface area (Å²) in [6.45, 7) is 6.11. The fourth-order valence-electron chi connectivity index (χ4n) is 2.11. The van der Waals surface area contributed by atoms with E-state index in [1.54, 1.807) is 17.8 Å². The van der Waals surface area contributed by atoms with Gasteiger partial charge in [0, 0.05) is 18.7 Å². The molecule has 136 valence electrons. The number of aryl methyl sites for hydroxylation is 1. The minimum absolute atomic E-state index is 0. The summed E-state index contributed by atoms with van der Waals surface area (Å²) in [7, 11) is 0. The summed E-state index contributed by atoms with van der Waals surface area (Å²) in [6.07, 6.45) is 2.61. The lowest BCUT2D eigenvalue weighted by Gasteiger charge is -2.18. The first-order valence-corrected chi connectivity index (χ1v) is 9.32. The fraction of sp³-hybridized carbons (Fsp3) is 0.529. The van der Waals surface area contributed by atoms with Crippen molar-refractivity contribution in [3.05, 3.63) is 35.4 Å². The Kier molecular flexibility index (Phi) is 12.4. The molecule has 0 aliphatic rings. The molecule has 2 amide bonds. The van der Waals surface area contributed by atoms with Crippen LogP contribution < -0.4 is 16.0 Å². The van der Waals surface area contributed by atoms with Crippen LogP contribution >= 0.6 is 24.2 Å². The quantitative estimate of drug-likeness (QED) is 0.548. The Labute approximate surface area is 155 Å². The highest BCUT2D eigenvalue weighted by molar-refractivity contribution is 7.98. The summed E-state index contributed by atoms with van der Waals surface area (Å²) in [4.78, 5) is 24.6. The van der Waals surface area contributed by atoms with Gasteiger partial charge in [0.25, 0.3) is 5.91 Å². The van der Waals surface area contributed by atoms with E-state index in [1.807, 2.05) is 38.3 Å². The van der Waals surface area contributed by atoms with Crippen LogP contribution in [0.15, 0.2) is 24.3 Å². The molecule has 0 saturated carbocycles. The van der Waals surface area contributed by atoms with Crippen molar-refractivity contribution < 1.29 is 9.59 Å². The lowest BCUT2D eigenvalue weighted by molar-refractivity contribution is -0.122. The molecule has 0 spiro atoms. The van der Waals surface area contributed by atoms with Crippen molar-refractivity contribution >= 4 is 36.0 Å². The van der Waals surface area contributed by atoms with E-state index in [0.717, 1.165) is 24.4 Å². The number of benzene rings is 1. The van der Waals surface area contributed by atoms with Crippen LogP contribution in [0.1, 0.15) is 29.3 Å². The normalized spacial score (nSPS) is 11.3. The van der Waals surface area contributed by atoms with E-state index in [4.69, 9.17) is 0 Å². The van der Waals surface area contributed by atoms with Gasteiger partial charge >= 0.3 is 0 Å². The summed E-state index contributed by atoms with van der Waals surface area (Å²) in [5.41, 5.74) is 1.60. The van der Waals surface area contributed by atoms with E-state index in [1.165, 1.54) is 0 Å². The number of halogens is 1. The molecule has 1 rings (SSSR count). The number of likely N-dealkylation sites (N-methyl/N-ethyl adjacent to an activating group) is 1. The average molecular weight is 374 g/mol. The summed E-state index contributed by atoms with van der Waals surface area (Å²) in [5, 5.41) is 8.87. The lowest BCUT2D eigenvalue weighted by atomic mass is 10.1. The molecule has 0 aliphatic heterocycles. The minimum atomic E-state index is -0.503. The molecule has 1 aromatic carbocycles. The molecular formula is C17H28ClN3O2S. The van der Waals surface area contributed by atoms with E-state index in [0.29, 0.717) is 18.5 Å². The number of thioether (sulfide) groups is 1. The molecule has 3 N–H and O–H groups in total. The van der Waals surface area contributed by atoms with Crippen molar-refractivity contribution in [1.82, 2.24) is 16.0 Å². The Bertz CT molecular complexity index is 514. The standard InChI is InChI=1S/C17H27N3O2S.ClH/c1-4-18-9-10-19-17(22)15(8-11-23-3)20-16(21)14-7-5-6-13(2)12-14;/h5-7,12,15,18H,4,8-11H2,1-3H3,(H,19,22)(H,20,21);1H. The van der Waals surface area contributed by atoms with Gasteiger partial charge in [0.05, 0.1) is 0 Å². The third-order valence-corrected chi connectivity index (χ3v) is 4.01. The molecule has 7 heteroatoms. The first-order chi connectivity index (χ1) is 11.1. The highest BCUT2D eigenvalue weighted by Gasteiger charge is 2.20. The van der Waals surface area contributed by atoms with Gasteiger partial charge in [0.1, 0.15) is 6.04 Å². The monoisotopic (exact) mass is 373 g/mol.